The van der Waals surface area contributed by atoms with Crippen LogP contribution in [-0.4, -0.2) is 30.1 Å². The minimum Gasteiger partial charge on any atom is -0.493 e. The van der Waals surface area contributed by atoms with E-state index in [1.165, 1.54) is 19.4 Å². The Labute approximate surface area is 167 Å². The van der Waals surface area contributed by atoms with Crippen LogP contribution in [-0.2, 0) is 0 Å². The van der Waals surface area contributed by atoms with E-state index in [0.717, 1.165) is 11.3 Å². The molecule has 1 aromatic heterocycles. The van der Waals surface area contributed by atoms with Gasteiger partial charge in [0.2, 0.25) is 5.95 Å². The topological polar surface area (TPSA) is 85.4 Å². The van der Waals surface area contributed by atoms with E-state index in [0.29, 0.717) is 28.2 Å². The second-order valence-electron chi connectivity index (χ2n) is 5.88. The first-order valence-electron chi connectivity index (χ1n) is 8.39. The molecule has 2 N–H and O–H groups in total. The quantitative estimate of drug-likeness (QED) is 0.638. The first-order chi connectivity index (χ1) is 13.5. The summed E-state index contributed by atoms with van der Waals surface area (Å²) in [5.74, 6) is 1.01. The lowest BCUT2D eigenvalue weighted by atomic mass is 10.2. The molecule has 3 aromatic rings. The molecular formula is C20H19ClN4O3. The molecule has 2 aromatic carbocycles. The molecular weight excluding hydrogens is 380 g/mol. The van der Waals surface area contributed by atoms with Crippen LogP contribution in [0.4, 0.5) is 17.3 Å². The van der Waals surface area contributed by atoms with Gasteiger partial charge in [-0.25, -0.2) is 9.97 Å². The van der Waals surface area contributed by atoms with Crippen molar-refractivity contribution in [2.45, 2.75) is 6.92 Å². The van der Waals surface area contributed by atoms with Crippen molar-refractivity contribution in [2.24, 2.45) is 0 Å². The largest absolute Gasteiger partial charge is 0.493 e. The standard InChI is InChI=1S/C20H19ClN4O3/c1-12-4-5-13(10-15(12)21)24-20-22-9-8-16(25-20)19(26)23-14-6-7-17(27-2)18(11-14)28-3/h4-11H,1-3H3,(H,23,26)(H,22,24,25). The number of benzene rings is 2. The number of aryl methyl sites for hydroxylation is 1. The Morgan fingerprint density at radius 3 is 2.46 bits per heavy atom. The van der Waals surface area contributed by atoms with Crippen molar-refractivity contribution in [1.29, 1.82) is 0 Å². The molecule has 0 saturated heterocycles. The van der Waals surface area contributed by atoms with E-state index in [4.69, 9.17) is 21.1 Å². The highest BCUT2D eigenvalue weighted by molar-refractivity contribution is 6.31. The van der Waals surface area contributed by atoms with E-state index >= 15 is 0 Å². The molecule has 0 fully saturated rings. The number of nitrogens with one attached hydrogen (secondary N) is 2. The fourth-order valence-electron chi connectivity index (χ4n) is 2.45. The van der Waals surface area contributed by atoms with E-state index in [1.807, 2.05) is 19.1 Å². The second-order valence-corrected chi connectivity index (χ2v) is 6.29. The van der Waals surface area contributed by atoms with Gasteiger partial charge in [-0.3, -0.25) is 4.79 Å². The number of carbonyl (C=O) groups excluding carboxylic acids is 1. The molecule has 3 rings (SSSR count). The third kappa shape index (κ3) is 4.50. The Morgan fingerprint density at radius 1 is 1.00 bits per heavy atom. The fraction of sp³-hybridized carbons (Fsp3) is 0.150. The normalized spacial score (nSPS) is 10.3. The third-order valence-electron chi connectivity index (χ3n) is 3.96. The maximum atomic E-state index is 12.5. The van der Waals surface area contributed by atoms with Gasteiger partial charge < -0.3 is 20.1 Å². The summed E-state index contributed by atoms with van der Waals surface area (Å²) in [7, 11) is 3.08. The van der Waals surface area contributed by atoms with E-state index < -0.39 is 0 Å². The number of hydrogen-bond donors (Lipinski definition) is 2. The van der Waals surface area contributed by atoms with Gasteiger partial charge in [0.25, 0.3) is 5.91 Å². The molecule has 1 amide bonds. The number of rotatable bonds is 6. The molecule has 0 radical (unpaired) electrons. The van der Waals surface area contributed by atoms with Gasteiger partial charge in [0.1, 0.15) is 5.69 Å². The van der Waals surface area contributed by atoms with Crippen molar-refractivity contribution in [3.8, 4) is 11.5 Å². The lowest BCUT2D eigenvalue weighted by molar-refractivity contribution is 0.102. The van der Waals surface area contributed by atoms with Crippen molar-refractivity contribution in [1.82, 2.24) is 9.97 Å². The number of anilines is 3. The zero-order valence-corrected chi connectivity index (χ0v) is 16.4. The molecule has 7 nitrogen and oxygen atoms in total. The number of hydrogen-bond acceptors (Lipinski definition) is 6. The fourth-order valence-corrected chi connectivity index (χ4v) is 2.63. The van der Waals surface area contributed by atoms with Crippen LogP contribution in [0.5, 0.6) is 11.5 Å². The van der Waals surface area contributed by atoms with E-state index in [-0.39, 0.29) is 11.6 Å². The van der Waals surface area contributed by atoms with Crippen molar-refractivity contribution >= 4 is 34.8 Å². The Hall–Kier alpha value is -3.32. The van der Waals surface area contributed by atoms with Crippen LogP contribution >= 0.6 is 11.6 Å². The van der Waals surface area contributed by atoms with E-state index in [9.17, 15) is 4.79 Å². The summed E-state index contributed by atoms with van der Waals surface area (Å²) >= 11 is 6.13. The maximum absolute atomic E-state index is 12.5. The third-order valence-corrected chi connectivity index (χ3v) is 4.36. The van der Waals surface area contributed by atoms with Crippen LogP contribution in [0, 0.1) is 6.92 Å². The molecule has 0 bridgehead atoms. The number of nitrogens with zero attached hydrogens (tertiary/aromatic N) is 2. The number of carbonyl (C=O) groups is 1. The number of halogens is 1. The monoisotopic (exact) mass is 398 g/mol. The molecule has 28 heavy (non-hydrogen) atoms. The zero-order chi connectivity index (χ0) is 20.1. The number of aromatic nitrogens is 2. The maximum Gasteiger partial charge on any atom is 0.274 e. The molecule has 144 valence electrons. The highest BCUT2D eigenvalue weighted by atomic mass is 35.5. The molecule has 0 spiro atoms. The van der Waals surface area contributed by atoms with Crippen LogP contribution < -0.4 is 20.1 Å². The minimum atomic E-state index is -0.375. The summed E-state index contributed by atoms with van der Waals surface area (Å²) in [6.07, 6.45) is 1.51. The Morgan fingerprint density at radius 2 is 1.75 bits per heavy atom. The van der Waals surface area contributed by atoms with Gasteiger partial charge in [-0.05, 0) is 42.8 Å². The van der Waals surface area contributed by atoms with Gasteiger partial charge >= 0.3 is 0 Å². The van der Waals surface area contributed by atoms with Crippen LogP contribution in [0.1, 0.15) is 16.1 Å². The van der Waals surface area contributed by atoms with Gasteiger partial charge in [0, 0.05) is 28.7 Å². The molecule has 0 unspecified atom stereocenters. The van der Waals surface area contributed by atoms with E-state index in [2.05, 4.69) is 20.6 Å². The van der Waals surface area contributed by atoms with Crippen LogP contribution in [0.15, 0.2) is 48.7 Å². The van der Waals surface area contributed by atoms with Gasteiger partial charge in [-0.15, -0.1) is 0 Å². The van der Waals surface area contributed by atoms with Gasteiger partial charge in [0.15, 0.2) is 11.5 Å². The van der Waals surface area contributed by atoms with Crippen LogP contribution in [0.2, 0.25) is 5.02 Å². The first kappa shape index (κ1) is 19.4. The first-order valence-corrected chi connectivity index (χ1v) is 8.77. The summed E-state index contributed by atoms with van der Waals surface area (Å²) in [6.45, 7) is 1.92. The second kappa shape index (κ2) is 8.58. The summed E-state index contributed by atoms with van der Waals surface area (Å²) in [6, 6.07) is 12.2. The summed E-state index contributed by atoms with van der Waals surface area (Å²) in [4.78, 5) is 21.0. The summed E-state index contributed by atoms with van der Waals surface area (Å²) in [5.41, 5.74) is 2.47. The van der Waals surface area contributed by atoms with Gasteiger partial charge in [0.05, 0.1) is 14.2 Å². The Kier molecular flexibility index (Phi) is 5.96. The van der Waals surface area contributed by atoms with Gasteiger partial charge in [-0.1, -0.05) is 17.7 Å². The Balaban J connectivity index is 1.76. The van der Waals surface area contributed by atoms with Gasteiger partial charge in [-0.2, -0.15) is 0 Å². The van der Waals surface area contributed by atoms with Crippen LogP contribution in [0.25, 0.3) is 0 Å². The molecule has 0 aliphatic carbocycles. The minimum absolute atomic E-state index is 0.213. The van der Waals surface area contributed by atoms with Crippen molar-refractivity contribution < 1.29 is 14.3 Å². The van der Waals surface area contributed by atoms with Crippen molar-refractivity contribution in [3.63, 3.8) is 0 Å². The molecule has 8 heteroatoms. The Bertz CT molecular complexity index is 1010. The predicted molar refractivity (Wildman–Crippen MR) is 109 cm³/mol. The molecule has 0 aliphatic heterocycles. The molecule has 0 saturated carbocycles. The van der Waals surface area contributed by atoms with E-state index in [1.54, 1.807) is 31.4 Å². The number of methoxy groups -OCH3 is 2. The van der Waals surface area contributed by atoms with Crippen LogP contribution in [0.3, 0.4) is 0 Å². The smallest absolute Gasteiger partial charge is 0.274 e. The summed E-state index contributed by atoms with van der Waals surface area (Å²) in [5, 5.41) is 6.45. The van der Waals surface area contributed by atoms with Crippen molar-refractivity contribution in [2.75, 3.05) is 24.9 Å². The lowest BCUT2D eigenvalue weighted by Crippen LogP contribution is -2.15. The predicted octanol–water partition coefficient (Wildman–Crippen LogP) is 4.45. The zero-order valence-electron chi connectivity index (χ0n) is 15.6. The molecule has 0 aliphatic rings. The number of ether oxygens (including phenoxy) is 2. The molecule has 0 atom stereocenters. The molecule has 1 heterocycles. The average molecular weight is 399 g/mol. The highest BCUT2D eigenvalue weighted by Crippen LogP contribution is 2.30. The average Bonchev–Trinajstić information content (AvgIpc) is 2.71. The SMILES string of the molecule is COc1ccc(NC(=O)c2ccnc(Nc3ccc(C)c(Cl)c3)n2)cc1OC. The highest BCUT2D eigenvalue weighted by Gasteiger charge is 2.12. The summed E-state index contributed by atoms with van der Waals surface area (Å²) < 4.78 is 10.4. The lowest BCUT2D eigenvalue weighted by Gasteiger charge is -2.11. The van der Waals surface area contributed by atoms with Crippen molar-refractivity contribution in [3.05, 3.63) is 64.9 Å². The number of amides is 1.